The molecule has 0 bridgehead atoms. The molecule has 0 aromatic rings. The van der Waals surface area contributed by atoms with Crippen LogP contribution in [0.4, 0.5) is 0 Å². The molecule has 1 fully saturated rings. The fourth-order valence-electron chi connectivity index (χ4n) is 0.909. The van der Waals surface area contributed by atoms with Crippen LogP contribution in [0.3, 0.4) is 0 Å². The first-order valence-electron chi connectivity index (χ1n) is 2.89. The number of hydrogen-bond donors (Lipinski definition) is 1. The maximum absolute atomic E-state index is 8.89. The minimum Gasteiger partial charge on any atom is -0.393 e. The van der Waals surface area contributed by atoms with Crippen molar-refractivity contribution in [3.05, 3.63) is 6.42 Å². The number of hydrogen-bond acceptors (Lipinski definition) is 1. The van der Waals surface area contributed by atoms with Crippen LogP contribution in [0.5, 0.6) is 0 Å². The van der Waals surface area contributed by atoms with E-state index in [0.717, 1.165) is 25.7 Å². The smallest absolute Gasteiger partial charge is 0.0491 e. The van der Waals surface area contributed by atoms with Gasteiger partial charge in [0.25, 0.3) is 0 Å². The third kappa shape index (κ3) is 2.79. The normalized spacial score (nSPS) is 22.1. The second-order valence-corrected chi connectivity index (χ2v) is 2.10. The Morgan fingerprint density at radius 3 is 2.00 bits per heavy atom. The van der Waals surface area contributed by atoms with Crippen molar-refractivity contribution in [2.24, 2.45) is 0 Å². The van der Waals surface area contributed by atoms with E-state index in [4.69, 9.17) is 5.11 Å². The Morgan fingerprint density at radius 2 is 1.75 bits per heavy atom. The predicted octanol–water partition coefficient (Wildman–Crippen LogP) is 1.12. The Hall–Kier alpha value is 0.583. The largest absolute Gasteiger partial charge is 0.393 e. The maximum atomic E-state index is 8.89. The van der Waals surface area contributed by atoms with Gasteiger partial charge in [-0.05, 0) is 0 Å². The summed E-state index contributed by atoms with van der Waals surface area (Å²) in [6.07, 6.45) is 6.44. The Balaban J connectivity index is 0.000000490. The standard InChI is InChI=1S/C6H11O.Zn/c7-6-4-2-1-3-5-6;/h1,6-7H,2-5H2;/q-1;. The summed E-state index contributed by atoms with van der Waals surface area (Å²) < 4.78 is 0. The molecule has 0 heterocycles. The average Bonchev–Trinajstić information content (AvgIpc) is 1.69. The van der Waals surface area contributed by atoms with Crippen molar-refractivity contribution in [2.75, 3.05) is 0 Å². The van der Waals surface area contributed by atoms with Gasteiger partial charge < -0.3 is 11.5 Å². The predicted molar refractivity (Wildman–Crippen MR) is 28.8 cm³/mol. The Morgan fingerprint density at radius 1 is 1.25 bits per heavy atom. The third-order valence-corrected chi connectivity index (χ3v) is 1.41. The second-order valence-electron chi connectivity index (χ2n) is 2.10. The number of rotatable bonds is 0. The summed E-state index contributed by atoms with van der Waals surface area (Å²) in [7, 11) is 0. The molecule has 44 valence electrons. The molecule has 0 aliphatic heterocycles. The minimum absolute atomic E-state index is 0. The molecule has 1 aliphatic rings. The summed E-state index contributed by atoms with van der Waals surface area (Å²) in [4.78, 5) is 0. The van der Waals surface area contributed by atoms with Crippen molar-refractivity contribution >= 4 is 0 Å². The Labute approximate surface area is 63.2 Å². The van der Waals surface area contributed by atoms with E-state index in [-0.39, 0.29) is 25.6 Å². The molecule has 1 rings (SSSR count). The molecule has 1 nitrogen and oxygen atoms in total. The van der Waals surface area contributed by atoms with E-state index in [0.29, 0.717) is 0 Å². The molecule has 0 spiro atoms. The quantitative estimate of drug-likeness (QED) is 0.420. The van der Waals surface area contributed by atoms with Gasteiger partial charge in [-0.25, -0.2) is 0 Å². The fourth-order valence-corrected chi connectivity index (χ4v) is 0.909. The van der Waals surface area contributed by atoms with Gasteiger partial charge in [0.1, 0.15) is 0 Å². The van der Waals surface area contributed by atoms with Gasteiger partial charge in [-0.2, -0.15) is 12.8 Å². The van der Waals surface area contributed by atoms with E-state index in [2.05, 4.69) is 6.42 Å². The van der Waals surface area contributed by atoms with Crippen molar-refractivity contribution in [1.82, 2.24) is 0 Å². The van der Waals surface area contributed by atoms with Crippen LogP contribution in [-0.2, 0) is 19.5 Å². The van der Waals surface area contributed by atoms with E-state index < -0.39 is 0 Å². The van der Waals surface area contributed by atoms with Crippen LogP contribution in [0.2, 0.25) is 0 Å². The molecule has 0 unspecified atom stereocenters. The van der Waals surface area contributed by atoms with Gasteiger partial charge in [0.05, 0.1) is 0 Å². The summed E-state index contributed by atoms with van der Waals surface area (Å²) in [6, 6.07) is 0. The van der Waals surface area contributed by atoms with Crippen molar-refractivity contribution in [3.8, 4) is 0 Å². The molecule has 0 radical (unpaired) electrons. The minimum atomic E-state index is 0. The Bertz CT molecular complexity index is 50.5. The number of aliphatic hydroxyl groups excluding tert-OH is 1. The van der Waals surface area contributed by atoms with Gasteiger partial charge in [-0.15, -0.1) is 0 Å². The van der Waals surface area contributed by atoms with Crippen molar-refractivity contribution in [2.45, 2.75) is 31.8 Å². The molecule has 0 aromatic carbocycles. The van der Waals surface area contributed by atoms with Crippen LogP contribution in [0.25, 0.3) is 0 Å². The number of aliphatic hydroxyl groups is 1. The fraction of sp³-hybridized carbons (Fsp3) is 0.833. The van der Waals surface area contributed by atoms with E-state index in [9.17, 15) is 0 Å². The molecular formula is C6H11OZn-. The van der Waals surface area contributed by atoms with Crippen LogP contribution in [0.1, 0.15) is 25.7 Å². The van der Waals surface area contributed by atoms with Crippen LogP contribution >= 0.6 is 0 Å². The van der Waals surface area contributed by atoms with Crippen LogP contribution in [0, 0.1) is 6.42 Å². The van der Waals surface area contributed by atoms with Gasteiger partial charge in [-0.3, -0.25) is 0 Å². The van der Waals surface area contributed by atoms with E-state index in [1.54, 1.807) is 0 Å². The van der Waals surface area contributed by atoms with Gasteiger partial charge >= 0.3 is 0 Å². The van der Waals surface area contributed by atoms with E-state index in [1.165, 1.54) is 0 Å². The molecule has 1 aliphatic carbocycles. The summed E-state index contributed by atoms with van der Waals surface area (Å²) in [5.41, 5.74) is 0. The van der Waals surface area contributed by atoms with Gasteiger partial charge in [0.15, 0.2) is 0 Å². The Kier molecular flexibility index (Phi) is 4.79. The van der Waals surface area contributed by atoms with Crippen LogP contribution < -0.4 is 0 Å². The molecule has 0 saturated heterocycles. The zero-order chi connectivity index (χ0) is 5.11. The monoisotopic (exact) mass is 163 g/mol. The first-order valence-corrected chi connectivity index (χ1v) is 2.89. The summed E-state index contributed by atoms with van der Waals surface area (Å²) >= 11 is 0. The van der Waals surface area contributed by atoms with Gasteiger partial charge in [0.2, 0.25) is 0 Å². The van der Waals surface area contributed by atoms with Crippen LogP contribution in [-0.4, -0.2) is 11.2 Å². The van der Waals surface area contributed by atoms with Gasteiger partial charge in [0, 0.05) is 25.6 Å². The topological polar surface area (TPSA) is 20.2 Å². The zero-order valence-corrected chi connectivity index (χ0v) is 8.10. The van der Waals surface area contributed by atoms with E-state index in [1.807, 2.05) is 0 Å². The first kappa shape index (κ1) is 8.58. The van der Waals surface area contributed by atoms with Gasteiger partial charge in [-0.1, -0.05) is 12.8 Å². The average molecular weight is 165 g/mol. The molecule has 0 amide bonds. The summed E-state index contributed by atoms with van der Waals surface area (Å²) in [5.74, 6) is 0. The summed E-state index contributed by atoms with van der Waals surface area (Å²) in [5, 5.41) is 8.89. The van der Waals surface area contributed by atoms with Crippen LogP contribution in [0.15, 0.2) is 0 Å². The van der Waals surface area contributed by atoms with Crippen molar-refractivity contribution in [1.29, 1.82) is 0 Å². The molecular weight excluding hydrogens is 153 g/mol. The maximum Gasteiger partial charge on any atom is 0.0491 e. The summed E-state index contributed by atoms with van der Waals surface area (Å²) in [6.45, 7) is 0. The molecule has 1 N–H and O–H groups in total. The second kappa shape index (κ2) is 4.46. The SMILES string of the molecule is OC1CC[CH-]CC1.[Zn]. The molecule has 0 atom stereocenters. The molecule has 8 heavy (non-hydrogen) atoms. The van der Waals surface area contributed by atoms with Crippen molar-refractivity contribution in [3.63, 3.8) is 0 Å². The van der Waals surface area contributed by atoms with Crippen molar-refractivity contribution < 1.29 is 24.6 Å². The molecule has 2 heteroatoms. The van der Waals surface area contributed by atoms with E-state index >= 15 is 0 Å². The first-order chi connectivity index (χ1) is 3.39. The molecule has 1 saturated carbocycles. The zero-order valence-electron chi connectivity index (χ0n) is 5.14. The molecule has 0 aromatic heterocycles. The third-order valence-electron chi connectivity index (χ3n) is 1.41.